The van der Waals surface area contributed by atoms with Crippen LogP contribution in [0.5, 0.6) is 0 Å². The molecule has 2 aliphatic heterocycles. The fraction of sp³-hybridized carbons (Fsp3) is 0.636. The Balaban J connectivity index is 1.33. The van der Waals surface area contributed by atoms with Crippen LogP contribution in [0.4, 0.5) is 0 Å². The molecule has 0 aromatic heterocycles. The Kier molecular flexibility index (Phi) is 6.16. The number of esters is 1. The summed E-state index contributed by atoms with van der Waals surface area (Å²) >= 11 is 0. The second-order valence-corrected chi connectivity index (χ2v) is 10.5. The van der Waals surface area contributed by atoms with Crippen LogP contribution in [0.3, 0.4) is 0 Å². The molecule has 1 atom stereocenters. The van der Waals surface area contributed by atoms with Crippen LogP contribution in [0, 0.1) is 5.92 Å². The molecule has 0 N–H and O–H groups in total. The fourth-order valence-corrected chi connectivity index (χ4v) is 6.23. The number of benzene rings is 1. The fourth-order valence-electron chi connectivity index (χ4n) is 4.71. The van der Waals surface area contributed by atoms with Gasteiger partial charge < -0.3 is 9.64 Å². The van der Waals surface area contributed by atoms with Gasteiger partial charge in [0.05, 0.1) is 10.8 Å². The van der Waals surface area contributed by atoms with Crippen LogP contribution >= 0.6 is 0 Å². The van der Waals surface area contributed by atoms with Gasteiger partial charge >= 0.3 is 5.97 Å². The van der Waals surface area contributed by atoms with Crippen molar-refractivity contribution in [2.75, 3.05) is 26.2 Å². The van der Waals surface area contributed by atoms with E-state index in [-0.39, 0.29) is 24.9 Å². The molecule has 1 amide bonds. The molecule has 2 fully saturated rings. The zero-order valence-electron chi connectivity index (χ0n) is 17.5. The monoisotopic (exact) mass is 434 g/mol. The number of carbonyl (C=O) groups excluding carboxylic acids is 2. The Hall–Kier alpha value is -1.93. The van der Waals surface area contributed by atoms with Gasteiger partial charge in [0, 0.05) is 26.2 Å². The number of carbonyl (C=O) groups is 2. The van der Waals surface area contributed by atoms with Crippen molar-refractivity contribution in [3.63, 3.8) is 0 Å². The number of amides is 1. The van der Waals surface area contributed by atoms with Crippen LogP contribution in [0.25, 0.3) is 0 Å². The van der Waals surface area contributed by atoms with Gasteiger partial charge in [-0.15, -0.1) is 0 Å². The number of fused-ring (bicyclic) bond motifs is 1. The summed E-state index contributed by atoms with van der Waals surface area (Å²) in [6, 6.07) is 5.44. The van der Waals surface area contributed by atoms with Crippen LogP contribution < -0.4 is 0 Å². The van der Waals surface area contributed by atoms with E-state index < -0.39 is 22.1 Å². The Labute approximate surface area is 178 Å². The van der Waals surface area contributed by atoms with Crippen LogP contribution in [-0.4, -0.2) is 61.8 Å². The number of aryl methyl sites for hydroxylation is 2. The summed E-state index contributed by atoms with van der Waals surface area (Å²) in [5, 5.41) is 0. The molecule has 2 heterocycles. The molecular weight excluding hydrogens is 404 g/mol. The second kappa shape index (κ2) is 8.67. The maximum atomic E-state index is 13.0. The van der Waals surface area contributed by atoms with E-state index in [1.807, 2.05) is 12.1 Å². The highest BCUT2D eigenvalue weighted by atomic mass is 32.2. The molecule has 2 saturated heterocycles. The normalized spacial score (nSPS) is 21.4. The smallest absolute Gasteiger partial charge is 0.309 e. The van der Waals surface area contributed by atoms with Gasteiger partial charge in [0.15, 0.2) is 6.10 Å². The van der Waals surface area contributed by atoms with Gasteiger partial charge in [-0.25, -0.2) is 8.42 Å². The second-order valence-electron chi connectivity index (χ2n) is 8.57. The minimum Gasteiger partial charge on any atom is -0.452 e. The third-order valence-electron chi connectivity index (χ3n) is 6.55. The highest BCUT2D eigenvalue weighted by Crippen LogP contribution is 2.29. The lowest BCUT2D eigenvalue weighted by molar-refractivity contribution is -0.163. The summed E-state index contributed by atoms with van der Waals surface area (Å²) in [7, 11) is -3.56. The van der Waals surface area contributed by atoms with E-state index in [1.54, 1.807) is 17.9 Å². The quantitative estimate of drug-likeness (QED) is 0.663. The minimum atomic E-state index is -3.56. The van der Waals surface area contributed by atoms with Gasteiger partial charge in [0.2, 0.25) is 10.0 Å². The molecule has 0 spiro atoms. The van der Waals surface area contributed by atoms with Crippen LogP contribution in [0.2, 0.25) is 0 Å². The SMILES string of the molecule is CC(OC(=O)C1CCN(S(=O)(=O)c2ccc3c(c2)CCC3)CC1)C(=O)N1CCCC1. The van der Waals surface area contributed by atoms with E-state index >= 15 is 0 Å². The van der Waals surface area contributed by atoms with Gasteiger partial charge in [-0.3, -0.25) is 9.59 Å². The molecule has 3 aliphatic rings. The minimum absolute atomic E-state index is 0.141. The van der Waals surface area contributed by atoms with Crippen molar-refractivity contribution in [2.45, 2.75) is 62.9 Å². The Morgan fingerprint density at radius 3 is 2.37 bits per heavy atom. The number of sulfonamides is 1. The van der Waals surface area contributed by atoms with Crippen molar-refractivity contribution in [3.05, 3.63) is 29.3 Å². The Morgan fingerprint density at radius 2 is 1.67 bits per heavy atom. The van der Waals surface area contributed by atoms with Crippen LogP contribution in [0.15, 0.2) is 23.1 Å². The summed E-state index contributed by atoms with van der Waals surface area (Å²) in [5.74, 6) is -0.910. The predicted molar refractivity (Wildman–Crippen MR) is 111 cm³/mol. The van der Waals surface area contributed by atoms with Crippen LogP contribution in [-0.2, 0) is 37.2 Å². The lowest BCUT2D eigenvalue weighted by Crippen LogP contribution is -2.43. The number of hydrogen-bond donors (Lipinski definition) is 0. The molecule has 7 nitrogen and oxygen atoms in total. The first-order chi connectivity index (χ1) is 14.4. The van der Waals surface area contributed by atoms with Crippen LogP contribution in [0.1, 0.15) is 50.2 Å². The van der Waals surface area contributed by atoms with E-state index in [0.29, 0.717) is 17.7 Å². The lowest BCUT2D eigenvalue weighted by atomic mass is 9.98. The first-order valence-corrected chi connectivity index (χ1v) is 12.4. The standard InChI is InChI=1S/C22H30N2O5S/c1-16(21(25)23-11-2-3-12-23)29-22(26)18-9-13-24(14-10-18)30(27,28)20-8-7-17-5-4-6-19(17)15-20/h7-8,15-16,18H,2-6,9-14H2,1H3. The number of hydrogen-bond acceptors (Lipinski definition) is 5. The van der Waals surface area contributed by atoms with Crippen molar-refractivity contribution < 1.29 is 22.7 Å². The van der Waals surface area contributed by atoms with E-state index in [0.717, 1.165) is 50.8 Å². The molecule has 30 heavy (non-hydrogen) atoms. The zero-order chi connectivity index (χ0) is 21.3. The molecule has 1 aromatic rings. The van der Waals surface area contributed by atoms with Gasteiger partial charge in [-0.05, 0) is 75.1 Å². The highest BCUT2D eigenvalue weighted by molar-refractivity contribution is 7.89. The summed E-state index contributed by atoms with van der Waals surface area (Å²) in [5.41, 5.74) is 2.37. The number of piperidine rings is 1. The predicted octanol–water partition coefficient (Wildman–Crippen LogP) is 2.13. The average molecular weight is 435 g/mol. The summed E-state index contributed by atoms with van der Waals surface area (Å²) in [6.07, 6.45) is 5.03. The molecule has 1 aliphatic carbocycles. The largest absolute Gasteiger partial charge is 0.452 e. The summed E-state index contributed by atoms with van der Waals surface area (Å²) in [6.45, 7) is 3.63. The van der Waals surface area contributed by atoms with Crippen molar-refractivity contribution in [3.8, 4) is 0 Å². The molecule has 164 valence electrons. The van der Waals surface area contributed by atoms with E-state index in [9.17, 15) is 18.0 Å². The number of rotatable bonds is 5. The average Bonchev–Trinajstić information content (AvgIpc) is 3.44. The maximum absolute atomic E-state index is 13.0. The first kappa shape index (κ1) is 21.3. The summed E-state index contributed by atoms with van der Waals surface area (Å²) in [4.78, 5) is 26.9. The molecule has 0 saturated carbocycles. The third-order valence-corrected chi connectivity index (χ3v) is 8.45. The van der Waals surface area contributed by atoms with Crippen molar-refractivity contribution in [1.29, 1.82) is 0 Å². The van der Waals surface area contributed by atoms with Crippen molar-refractivity contribution in [2.24, 2.45) is 5.92 Å². The topological polar surface area (TPSA) is 84.0 Å². The molecule has 0 bridgehead atoms. The van der Waals surface area contributed by atoms with Crippen molar-refractivity contribution >= 4 is 21.9 Å². The van der Waals surface area contributed by atoms with Crippen molar-refractivity contribution in [1.82, 2.24) is 9.21 Å². The van der Waals surface area contributed by atoms with Gasteiger partial charge in [0.25, 0.3) is 5.91 Å². The van der Waals surface area contributed by atoms with Gasteiger partial charge in [0.1, 0.15) is 0 Å². The zero-order valence-corrected chi connectivity index (χ0v) is 18.3. The molecular formula is C22H30N2O5S. The molecule has 1 unspecified atom stereocenters. The highest BCUT2D eigenvalue weighted by Gasteiger charge is 2.35. The van der Waals surface area contributed by atoms with E-state index in [2.05, 4.69) is 0 Å². The van der Waals surface area contributed by atoms with E-state index in [1.165, 1.54) is 9.87 Å². The molecule has 1 aromatic carbocycles. The molecule has 4 rings (SSSR count). The van der Waals surface area contributed by atoms with Gasteiger partial charge in [-0.1, -0.05) is 6.07 Å². The lowest BCUT2D eigenvalue weighted by Gasteiger charge is -2.31. The summed E-state index contributed by atoms with van der Waals surface area (Å²) < 4.78 is 33.0. The third kappa shape index (κ3) is 4.25. The number of nitrogens with zero attached hydrogens (tertiary/aromatic N) is 2. The van der Waals surface area contributed by atoms with E-state index in [4.69, 9.17) is 4.74 Å². The number of ether oxygens (including phenoxy) is 1. The first-order valence-electron chi connectivity index (χ1n) is 11.0. The molecule has 0 radical (unpaired) electrons. The Morgan fingerprint density at radius 1 is 1.00 bits per heavy atom. The maximum Gasteiger partial charge on any atom is 0.309 e. The molecule has 8 heteroatoms. The number of likely N-dealkylation sites (tertiary alicyclic amines) is 1. The Bertz CT molecular complexity index is 915. The van der Waals surface area contributed by atoms with Gasteiger partial charge in [-0.2, -0.15) is 4.31 Å².